The third-order valence-corrected chi connectivity index (χ3v) is 8.56. The van der Waals surface area contributed by atoms with Crippen LogP contribution < -0.4 is 0 Å². The fourth-order valence-corrected chi connectivity index (χ4v) is 6.37. The van der Waals surface area contributed by atoms with Gasteiger partial charge in [0.15, 0.2) is 32.1 Å². The molecule has 198 valence electrons. The summed E-state index contributed by atoms with van der Waals surface area (Å²) in [6.07, 6.45) is 0. The lowest BCUT2D eigenvalue weighted by atomic mass is 10.1. The molecule has 3 aromatic heterocycles. The average molecular weight is 618 g/mol. The number of aromatic amines is 2. The predicted molar refractivity (Wildman–Crippen MR) is 155 cm³/mol. The van der Waals surface area contributed by atoms with Gasteiger partial charge in [0.1, 0.15) is 11.6 Å². The molecular weight excluding hydrogens is 599 g/mol. The van der Waals surface area contributed by atoms with Crippen LogP contribution in [-0.2, 0) is 9.59 Å². The van der Waals surface area contributed by atoms with E-state index in [1.165, 1.54) is 34.9 Å². The first-order chi connectivity index (χ1) is 18.1. The zero-order valence-corrected chi connectivity index (χ0v) is 23.8. The van der Waals surface area contributed by atoms with Gasteiger partial charge in [-0.05, 0) is 24.3 Å². The number of nitrogens with zero attached hydrogens (tertiary/aromatic N) is 6. The second-order valence-electron chi connectivity index (χ2n) is 7.75. The summed E-state index contributed by atoms with van der Waals surface area (Å²) in [4.78, 5) is 40.2. The number of hydrogen-bond acceptors (Lipinski definition) is 11. The fraction of sp³-hybridized carbons (Fsp3) is 0.167. The van der Waals surface area contributed by atoms with Crippen molar-refractivity contribution in [1.82, 2.24) is 30.1 Å². The Balaban J connectivity index is 0.00000210. The van der Waals surface area contributed by atoms with Gasteiger partial charge in [0.2, 0.25) is 0 Å². The zero-order chi connectivity index (χ0) is 25.8. The number of imidazole rings is 2. The van der Waals surface area contributed by atoms with Crippen LogP contribution in [0.4, 0.5) is 0 Å². The van der Waals surface area contributed by atoms with E-state index in [1.807, 2.05) is 60.7 Å². The maximum Gasteiger partial charge on any atom is 0.175 e. The SMILES string of the molecule is Cl.Cl.N#CC(C(=O)CSc1nnc(SCC(=O)C(C#N)c2nc3ccccc3[nH]2)s1)c1nc2ccccc2[nH]1. The smallest absolute Gasteiger partial charge is 0.175 e. The van der Waals surface area contributed by atoms with Gasteiger partial charge < -0.3 is 9.97 Å². The topological polar surface area (TPSA) is 165 Å². The van der Waals surface area contributed by atoms with Gasteiger partial charge >= 0.3 is 0 Å². The Bertz CT molecular complexity index is 1520. The van der Waals surface area contributed by atoms with Gasteiger partial charge in [-0.2, -0.15) is 10.5 Å². The van der Waals surface area contributed by atoms with E-state index in [-0.39, 0.29) is 47.9 Å². The maximum atomic E-state index is 12.7. The number of aromatic nitrogens is 6. The number of Topliss-reactive ketones (excluding diaryl/α,β-unsaturated/α-hetero) is 2. The minimum atomic E-state index is -1.01. The van der Waals surface area contributed by atoms with Crippen LogP contribution in [-0.4, -0.2) is 53.2 Å². The number of thioether (sulfide) groups is 2. The van der Waals surface area contributed by atoms with Crippen LogP contribution in [0.5, 0.6) is 0 Å². The largest absolute Gasteiger partial charge is 0.340 e. The van der Waals surface area contributed by atoms with E-state index in [1.54, 1.807) is 0 Å². The van der Waals surface area contributed by atoms with E-state index in [0.717, 1.165) is 11.0 Å². The number of hydrogen-bond donors (Lipinski definition) is 2. The van der Waals surface area contributed by atoms with Gasteiger partial charge in [-0.3, -0.25) is 9.59 Å². The van der Waals surface area contributed by atoms with Crippen LogP contribution in [0.15, 0.2) is 57.2 Å². The number of benzene rings is 2. The first kappa shape index (κ1) is 30.1. The molecule has 0 saturated heterocycles. The van der Waals surface area contributed by atoms with Crippen molar-refractivity contribution in [3.63, 3.8) is 0 Å². The highest BCUT2D eigenvalue weighted by Crippen LogP contribution is 2.31. The highest BCUT2D eigenvalue weighted by Gasteiger charge is 2.26. The molecule has 5 rings (SSSR count). The molecule has 2 unspecified atom stereocenters. The number of carbonyl (C=O) groups is 2. The minimum absolute atomic E-state index is 0. The molecular formula is C24H18Cl2N8O2S3. The second-order valence-corrected chi connectivity index (χ2v) is 11.2. The molecule has 0 fully saturated rings. The van der Waals surface area contributed by atoms with Crippen LogP contribution in [0.1, 0.15) is 23.5 Å². The Morgan fingerprint density at radius 3 is 1.56 bits per heavy atom. The predicted octanol–water partition coefficient (Wildman–Crippen LogP) is 5.07. The lowest BCUT2D eigenvalue weighted by Gasteiger charge is -2.04. The van der Waals surface area contributed by atoms with Gasteiger partial charge in [-0.25, -0.2) is 9.97 Å². The van der Waals surface area contributed by atoms with Gasteiger partial charge in [-0.1, -0.05) is 59.1 Å². The van der Waals surface area contributed by atoms with Crippen molar-refractivity contribution in [2.75, 3.05) is 11.5 Å². The number of halogens is 2. The molecule has 0 spiro atoms. The van der Waals surface area contributed by atoms with Crippen LogP contribution >= 0.6 is 59.7 Å². The molecule has 2 N–H and O–H groups in total. The van der Waals surface area contributed by atoms with E-state index in [9.17, 15) is 20.1 Å². The van der Waals surface area contributed by atoms with Crippen LogP contribution in [0.3, 0.4) is 0 Å². The molecule has 0 aliphatic rings. The average Bonchev–Trinajstić information content (AvgIpc) is 3.65. The van der Waals surface area contributed by atoms with Gasteiger partial charge in [-0.15, -0.1) is 35.0 Å². The third-order valence-electron chi connectivity index (χ3n) is 5.33. The van der Waals surface area contributed by atoms with Crippen molar-refractivity contribution < 1.29 is 9.59 Å². The minimum Gasteiger partial charge on any atom is -0.340 e. The number of ketones is 2. The second kappa shape index (κ2) is 13.6. The number of nitrogens with one attached hydrogen (secondary N) is 2. The molecule has 0 aliphatic carbocycles. The van der Waals surface area contributed by atoms with Crippen molar-refractivity contribution in [2.24, 2.45) is 0 Å². The quantitative estimate of drug-likeness (QED) is 0.202. The van der Waals surface area contributed by atoms with Gasteiger partial charge in [0, 0.05) is 0 Å². The molecule has 15 heteroatoms. The summed E-state index contributed by atoms with van der Waals surface area (Å²) in [7, 11) is 0. The van der Waals surface area contributed by atoms with Crippen molar-refractivity contribution in [3.8, 4) is 12.1 Å². The molecule has 2 aromatic carbocycles. The van der Waals surface area contributed by atoms with Crippen LogP contribution in [0.2, 0.25) is 0 Å². The van der Waals surface area contributed by atoms with Crippen molar-refractivity contribution in [2.45, 2.75) is 20.5 Å². The van der Waals surface area contributed by atoms with Gasteiger partial charge in [0.25, 0.3) is 0 Å². The van der Waals surface area contributed by atoms with E-state index >= 15 is 0 Å². The molecule has 0 radical (unpaired) electrons. The third kappa shape index (κ3) is 6.76. The Hall–Kier alpha value is -3.46. The lowest BCUT2D eigenvalue weighted by molar-refractivity contribution is -0.117. The zero-order valence-electron chi connectivity index (χ0n) is 19.7. The molecule has 0 aliphatic heterocycles. The molecule has 5 aromatic rings. The maximum absolute atomic E-state index is 12.7. The fourth-order valence-electron chi connectivity index (χ4n) is 3.54. The summed E-state index contributed by atoms with van der Waals surface area (Å²) in [6.45, 7) is 0. The van der Waals surface area contributed by atoms with Crippen LogP contribution in [0, 0.1) is 22.7 Å². The molecule has 0 bridgehead atoms. The Morgan fingerprint density at radius 1 is 0.769 bits per heavy atom. The molecule has 2 atom stereocenters. The number of H-pyrrole nitrogens is 2. The van der Waals surface area contributed by atoms with E-state index in [0.29, 0.717) is 31.4 Å². The van der Waals surface area contributed by atoms with Crippen LogP contribution in [0.25, 0.3) is 22.1 Å². The van der Waals surface area contributed by atoms with Crippen molar-refractivity contribution in [1.29, 1.82) is 10.5 Å². The van der Waals surface area contributed by atoms with E-state index in [4.69, 9.17) is 0 Å². The summed E-state index contributed by atoms with van der Waals surface area (Å²) in [5.41, 5.74) is 2.91. The van der Waals surface area contributed by atoms with Gasteiger partial charge in [0.05, 0.1) is 45.7 Å². The first-order valence-electron chi connectivity index (χ1n) is 10.9. The first-order valence-corrected chi connectivity index (χ1v) is 13.7. The summed E-state index contributed by atoms with van der Waals surface area (Å²) in [5, 5.41) is 27.2. The molecule has 10 nitrogen and oxygen atoms in total. The summed E-state index contributed by atoms with van der Waals surface area (Å²) >= 11 is 3.59. The summed E-state index contributed by atoms with van der Waals surface area (Å²) in [5.74, 6) is -1.94. The molecule has 0 saturated carbocycles. The highest BCUT2D eigenvalue weighted by molar-refractivity contribution is 8.03. The normalized spacial score (nSPS) is 12.1. The summed E-state index contributed by atoms with van der Waals surface area (Å²) in [6, 6.07) is 18.7. The highest BCUT2D eigenvalue weighted by atomic mass is 35.5. The Morgan fingerprint density at radius 2 is 1.18 bits per heavy atom. The Labute approximate surface area is 246 Å². The number of para-hydroxylation sites is 4. The van der Waals surface area contributed by atoms with Crippen molar-refractivity contribution in [3.05, 3.63) is 60.2 Å². The molecule has 39 heavy (non-hydrogen) atoms. The van der Waals surface area contributed by atoms with Crippen molar-refractivity contribution >= 4 is 93.3 Å². The lowest BCUT2D eigenvalue weighted by Crippen LogP contribution is -2.14. The Kier molecular flexibility index (Phi) is 10.5. The number of carbonyl (C=O) groups excluding carboxylic acids is 2. The van der Waals surface area contributed by atoms with E-state index in [2.05, 4.69) is 30.1 Å². The van der Waals surface area contributed by atoms with E-state index < -0.39 is 11.8 Å². The summed E-state index contributed by atoms with van der Waals surface area (Å²) < 4.78 is 1.08. The monoisotopic (exact) mass is 616 g/mol. The number of rotatable bonds is 10. The molecule has 3 heterocycles. The number of fused-ring (bicyclic) bond motifs is 2. The molecule has 0 amide bonds. The standard InChI is InChI=1S/C24H16N8O2S3.2ClH/c25-9-13(21-27-15-5-1-2-6-16(15)28-21)19(33)11-35-23-31-32-24(37-23)36-12-20(34)14(10-26)22-29-17-7-3-4-8-18(17)30-22;;/h1-8,13-14H,11-12H2,(H,27,28)(H,29,30);2*1H. The number of nitriles is 2.